The molecule has 3 N–H and O–H groups in total. The summed E-state index contributed by atoms with van der Waals surface area (Å²) in [6, 6.07) is 3.39. The molecule has 0 bridgehead atoms. The van der Waals surface area contributed by atoms with E-state index in [0.717, 1.165) is 29.0 Å². The van der Waals surface area contributed by atoms with Crippen molar-refractivity contribution in [2.45, 2.75) is 12.5 Å². The molecular formula is C19H15F3N4O3. The Hall–Kier alpha value is -3.40. The minimum Gasteiger partial charge on any atom is -0.477 e. The Balaban J connectivity index is 2.05. The average Bonchev–Trinajstić information content (AvgIpc) is 3.08. The van der Waals surface area contributed by atoms with Crippen LogP contribution in [0.5, 0.6) is 0 Å². The highest BCUT2D eigenvalue weighted by molar-refractivity contribution is 5.92. The summed E-state index contributed by atoms with van der Waals surface area (Å²) in [6.07, 6.45) is 1.52. The van der Waals surface area contributed by atoms with Gasteiger partial charge in [0.15, 0.2) is 17.3 Å². The topological polar surface area (TPSA) is 101 Å². The molecule has 1 fully saturated rings. The molecule has 0 saturated carbocycles. The minimum absolute atomic E-state index is 0.0794. The second-order valence-corrected chi connectivity index (χ2v) is 6.80. The first-order chi connectivity index (χ1) is 13.8. The van der Waals surface area contributed by atoms with Gasteiger partial charge in [-0.2, -0.15) is 0 Å². The molecule has 1 saturated heterocycles. The molecule has 3 heterocycles. The number of carboxylic acid groups (broad SMARTS) is 1. The van der Waals surface area contributed by atoms with Crippen LogP contribution in [0.3, 0.4) is 0 Å². The molecule has 0 radical (unpaired) electrons. The van der Waals surface area contributed by atoms with Crippen LogP contribution < -0.4 is 16.1 Å². The van der Waals surface area contributed by atoms with E-state index >= 15 is 0 Å². The Morgan fingerprint density at radius 2 is 1.97 bits per heavy atom. The lowest BCUT2D eigenvalue weighted by Crippen LogP contribution is -2.28. The van der Waals surface area contributed by atoms with Gasteiger partial charge in [-0.15, -0.1) is 0 Å². The molecule has 1 aromatic carbocycles. The zero-order valence-corrected chi connectivity index (χ0v) is 14.9. The first-order valence-corrected chi connectivity index (χ1v) is 8.71. The van der Waals surface area contributed by atoms with Gasteiger partial charge in [-0.25, -0.2) is 22.9 Å². The molecule has 7 nitrogen and oxygen atoms in total. The second-order valence-electron chi connectivity index (χ2n) is 6.80. The molecule has 0 amide bonds. The summed E-state index contributed by atoms with van der Waals surface area (Å²) in [5, 5.41) is 9.00. The molecule has 1 aliphatic rings. The summed E-state index contributed by atoms with van der Waals surface area (Å²) < 4.78 is 43.5. The fourth-order valence-corrected chi connectivity index (χ4v) is 3.43. The predicted molar refractivity (Wildman–Crippen MR) is 99.0 cm³/mol. The maximum Gasteiger partial charge on any atom is 0.341 e. The zero-order valence-electron chi connectivity index (χ0n) is 14.9. The summed E-state index contributed by atoms with van der Waals surface area (Å²) in [5.74, 6) is -4.30. The predicted octanol–water partition coefficient (Wildman–Crippen LogP) is 2.04. The summed E-state index contributed by atoms with van der Waals surface area (Å²) in [6.45, 7) is 0.788. The van der Waals surface area contributed by atoms with Crippen molar-refractivity contribution in [3.05, 3.63) is 63.7 Å². The maximum absolute atomic E-state index is 14.7. The van der Waals surface area contributed by atoms with E-state index in [1.165, 1.54) is 0 Å². The summed E-state index contributed by atoms with van der Waals surface area (Å²) >= 11 is 0. The fraction of sp³-hybridized carbons (Fsp3) is 0.211. The van der Waals surface area contributed by atoms with Gasteiger partial charge in [-0.1, -0.05) is 0 Å². The van der Waals surface area contributed by atoms with E-state index in [9.17, 15) is 27.9 Å². The molecule has 0 spiro atoms. The van der Waals surface area contributed by atoms with Crippen molar-refractivity contribution in [2.24, 2.45) is 5.73 Å². The Kier molecular flexibility index (Phi) is 4.50. The van der Waals surface area contributed by atoms with E-state index in [0.29, 0.717) is 25.6 Å². The molecular weight excluding hydrogens is 388 g/mol. The number of pyridine rings is 2. The number of aromatic nitrogens is 2. The van der Waals surface area contributed by atoms with Crippen LogP contribution in [0, 0.1) is 17.5 Å². The van der Waals surface area contributed by atoms with Crippen molar-refractivity contribution in [1.82, 2.24) is 9.55 Å². The second kappa shape index (κ2) is 6.89. The fourth-order valence-electron chi connectivity index (χ4n) is 3.43. The third-order valence-electron chi connectivity index (χ3n) is 4.84. The summed E-state index contributed by atoms with van der Waals surface area (Å²) in [4.78, 5) is 29.8. The van der Waals surface area contributed by atoms with Crippen molar-refractivity contribution in [3.8, 4) is 5.69 Å². The maximum atomic E-state index is 14.7. The number of rotatable bonds is 3. The van der Waals surface area contributed by atoms with Crippen molar-refractivity contribution >= 4 is 22.8 Å². The van der Waals surface area contributed by atoms with Crippen LogP contribution in [0.25, 0.3) is 16.7 Å². The highest BCUT2D eigenvalue weighted by Crippen LogP contribution is 2.26. The molecule has 10 heteroatoms. The van der Waals surface area contributed by atoms with Gasteiger partial charge in [0.1, 0.15) is 17.2 Å². The number of carbonyl (C=O) groups is 1. The quantitative estimate of drug-likeness (QED) is 0.694. The van der Waals surface area contributed by atoms with Gasteiger partial charge in [0.25, 0.3) is 0 Å². The van der Waals surface area contributed by atoms with Gasteiger partial charge in [-0.3, -0.25) is 9.36 Å². The standard InChI is InChI=1S/C19H15F3N4O3/c20-9-1-2-15(13(21)5-9)26-8-12(19(28)29)16(27)11-6-14(22)18(24-17(11)26)25-4-3-10(23)7-25/h1-2,5-6,8,10H,3-4,7,23H2,(H,28,29)/i22-1. The van der Waals surface area contributed by atoms with E-state index in [4.69, 9.17) is 5.73 Å². The normalized spacial score (nSPS) is 16.6. The summed E-state index contributed by atoms with van der Waals surface area (Å²) in [7, 11) is 0. The molecule has 3 aromatic rings. The Morgan fingerprint density at radius 3 is 2.59 bits per heavy atom. The van der Waals surface area contributed by atoms with Crippen LogP contribution in [0.15, 0.2) is 35.3 Å². The van der Waals surface area contributed by atoms with Crippen molar-refractivity contribution in [3.63, 3.8) is 0 Å². The molecule has 0 aliphatic carbocycles. The highest BCUT2D eigenvalue weighted by Gasteiger charge is 2.26. The van der Waals surface area contributed by atoms with Crippen LogP contribution in [0.1, 0.15) is 16.8 Å². The van der Waals surface area contributed by atoms with Gasteiger partial charge in [0.2, 0.25) is 5.43 Å². The number of anilines is 1. The van der Waals surface area contributed by atoms with Crippen LogP contribution in [0.2, 0.25) is 0 Å². The van der Waals surface area contributed by atoms with Crippen LogP contribution in [-0.4, -0.2) is 39.8 Å². The smallest absolute Gasteiger partial charge is 0.341 e. The molecule has 1 unspecified atom stereocenters. The lowest BCUT2D eigenvalue weighted by atomic mass is 10.1. The third-order valence-corrected chi connectivity index (χ3v) is 4.84. The number of halogens is 3. The van der Waals surface area contributed by atoms with E-state index in [2.05, 4.69) is 4.98 Å². The first-order valence-electron chi connectivity index (χ1n) is 8.71. The molecule has 150 valence electrons. The number of hydrogen-bond donors (Lipinski definition) is 2. The zero-order chi connectivity index (χ0) is 20.9. The van der Waals surface area contributed by atoms with Crippen LogP contribution in [-0.2, 0) is 0 Å². The molecule has 4 rings (SSSR count). The third kappa shape index (κ3) is 3.21. The number of nitrogens with two attached hydrogens (primary N) is 1. The van der Waals surface area contributed by atoms with E-state index in [1.807, 2.05) is 0 Å². The van der Waals surface area contributed by atoms with Gasteiger partial charge >= 0.3 is 5.97 Å². The van der Waals surface area contributed by atoms with Crippen molar-refractivity contribution < 1.29 is 23.1 Å². The van der Waals surface area contributed by atoms with Gasteiger partial charge in [0, 0.05) is 31.4 Å². The Bertz CT molecular complexity index is 1210. The number of nitrogens with zero attached hydrogens (tertiary/aromatic N) is 3. The number of hydrogen-bond acceptors (Lipinski definition) is 5. The van der Waals surface area contributed by atoms with Gasteiger partial charge in [0.05, 0.1) is 11.1 Å². The molecule has 29 heavy (non-hydrogen) atoms. The van der Waals surface area contributed by atoms with E-state index in [-0.39, 0.29) is 28.6 Å². The van der Waals surface area contributed by atoms with E-state index in [1.54, 1.807) is 4.90 Å². The average molecular weight is 403 g/mol. The first kappa shape index (κ1) is 18.9. The number of carboxylic acids is 1. The number of fused-ring (bicyclic) bond motifs is 1. The monoisotopic (exact) mass is 403 g/mol. The molecule has 2 aromatic heterocycles. The number of aromatic carboxylic acids is 1. The van der Waals surface area contributed by atoms with Gasteiger partial charge < -0.3 is 15.7 Å². The molecule has 1 aliphatic heterocycles. The van der Waals surface area contributed by atoms with E-state index < -0.39 is 34.4 Å². The minimum atomic E-state index is -1.57. The lowest BCUT2D eigenvalue weighted by molar-refractivity contribution is 0.0695. The largest absolute Gasteiger partial charge is 0.477 e. The van der Waals surface area contributed by atoms with Crippen LogP contribution in [0.4, 0.5) is 19.0 Å². The van der Waals surface area contributed by atoms with Crippen LogP contribution >= 0.6 is 0 Å². The highest BCUT2D eigenvalue weighted by atomic mass is 19.1. The SMILES string of the molecule is NC1CCN(c2nc3c(cc2[18F])c(=O)c(C(=O)O)cn3-c2ccc(F)cc2F)C1. The van der Waals surface area contributed by atoms with Gasteiger partial charge in [-0.05, 0) is 24.6 Å². The van der Waals surface area contributed by atoms with Crippen molar-refractivity contribution in [2.75, 3.05) is 18.0 Å². The summed E-state index contributed by atoms with van der Waals surface area (Å²) in [5.41, 5.74) is 3.82. The number of benzene rings is 1. The Morgan fingerprint density at radius 1 is 1.21 bits per heavy atom. The molecule has 1 atom stereocenters. The van der Waals surface area contributed by atoms with Crippen molar-refractivity contribution in [1.29, 1.82) is 0 Å². The lowest BCUT2D eigenvalue weighted by Gasteiger charge is -2.19. The Labute approximate surface area is 161 Å².